The Balaban J connectivity index is 0. The molecule has 1 aromatic heterocycles. The summed E-state index contributed by atoms with van der Waals surface area (Å²) >= 11 is 0. The van der Waals surface area contributed by atoms with Gasteiger partial charge in [-0.3, -0.25) is 9.69 Å². The molecule has 0 spiro atoms. The number of hydrogen-bond acceptors (Lipinski definition) is 6. The average molecular weight is 444 g/mol. The Morgan fingerprint density at radius 3 is 2.15 bits per heavy atom. The van der Waals surface area contributed by atoms with Gasteiger partial charge < -0.3 is 16.0 Å². The van der Waals surface area contributed by atoms with Crippen molar-refractivity contribution in [2.75, 3.05) is 50.7 Å². The van der Waals surface area contributed by atoms with Crippen LogP contribution in [-0.4, -0.2) is 66.6 Å². The van der Waals surface area contributed by atoms with E-state index in [1.165, 1.54) is 0 Å². The summed E-state index contributed by atoms with van der Waals surface area (Å²) in [6.45, 7) is 9.73. The van der Waals surface area contributed by atoms with Crippen molar-refractivity contribution in [2.24, 2.45) is 11.1 Å². The largest absolute Gasteiger partial charge is 0.354 e. The number of nitrogens with one attached hydrogen (secondary N) is 1. The predicted octanol–water partition coefficient (Wildman–Crippen LogP) is 1.75. The van der Waals surface area contributed by atoms with Gasteiger partial charge in [0.15, 0.2) is 0 Å². The number of halogens is 3. The van der Waals surface area contributed by atoms with Gasteiger partial charge in [0.25, 0.3) is 0 Å². The first-order chi connectivity index (χ1) is 11.6. The Hall–Kier alpha value is -0.860. The highest BCUT2D eigenvalue weighted by Crippen LogP contribution is 2.24. The molecule has 0 radical (unpaired) electrons. The van der Waals surface area contributed by atoms with Crippen LogP contribution in [0.3, 0.4) is 0 Å². The summed E-state index contributed by atoms with van der Waals surface area (Å²) in [4.78, 5) is 25.6. The molecule has 0 bridgehead atoms. The van der Waals surface area contributed by atoms with Crippen LogP contribution >= 0.6 is 37.2 Å². The molecule has 0 aliphatic carbocycles. The summed E-state index contributed by atoms with van der Waals surface area (Å²) in [7, 11) is 0. The van der Waals surface area contributed by atoms with Gasteiger partial charge in [0.1, 0.15) is 0 Å². The molecular formula is C17H33Cl3N6O. The van der Waals surface area contributed by atoms with E-state index in [1.807, 2.05) is 19.9 Å². The van der Waals surface area contributed by atoms with Crippen LogP contribution in [0.5, 0.6) is 0 Å². The number of aromatic nitrogens is 2. The number of nitrogens with zero attached hydrogens (tertiary/aromatic N) is 4. The van der Waals surface area contributed by atoms with Crippen molar-refractivity contribution >= 4 is 49.1 Å². The Kier molecular flexibility index (Phi) is 14.9. The monoisotopic (exact) mass is 442 g/mol. The highest BCUT2D eigenvalue weighted by atomic mass is 35.5. The summed E-state index contributed by atoms with van der Waals surface area (Å²) in [6, 6.07) is 1.83. The molecule has 10 heteroatoms. The molecule has 2 heterocycles. The van der Waals surface area contributed by atoms with Crippen LogP contribution in [0.2, 0.25) is 0 Å². The van der Waals surface area contributed by atoms with E-state index in [1.54, 1.807) is 12.4 Å². The van der Waals surface area contributed by atoms with Crippen molar-refractivity contribution in [3.63, 3.8) is 0 Å². The van der Waals surface area contributed by atoms with E-state index in [0.29, 0.717) is 13.1 Å². The van der Waals surface area contributed by atoms with Crippen LogP contribution < -0.4 is 16.0 Å². The van der Waals surface area contributed by atoms with Gasteiger partial charge in [0.2, 0.25) is 11.9 Å². The molecule has 1 amide bonds. The molecule has 0 saturated carbocycles. The van der Waals surface area contributed by atoms with Crippen LogP contribution in [0.4, 0.5) is 5.95 Å². The molecule has 1 aromatic rings. The summed E-state index contributed by atoms with van der Waals surface area (Å²) in [5.41, 5.74) is 5.41. The standard InChI is InChI=1S/C17H30N6O.3ClH/c1-3-17(4-2,14-18)15(24)19-8-9-22-10-12-23(13-11-22)16-20-6-5-7-21-16;;;/h5-7H,3-4,8-14,18H2,1-2H3,(H,19,24);3*1H. The molecular weight excluding hydrogens is 411 g/mol. The molecule has 3 N–H and O–H groups in total. The first kappa shape index (κ1) is 28.4. The lowest BCUT2D eigenvalue weighted by atomic mass is 9.81. The summed E-state index contributed by atoms with van der Waals surface area (Å²) in [6.07, 6.45) is 5.11. The molecule has 1 fully saturated rings. The molecule has 2 rings (SSSR count). The van der Waals surface area contributed by atoms with E-state index in [-0.39, 0.29) is 43.1 Å². The normalized spacial score (nSPS) is 14.4. The highest BCUT2D eigenvalue weighted by molar-refractivity contribution is 5.86. The van der Waals surface area contributed by atoms with Crippen molar-refractivity contribution in [3.8, 4) is 0 Å². The number of anilines is 1. The van der Waals surface area contributed by atoms with Gasteiger partial charge in [-0.1, -0.05) is 13.8 Å². The second-order valence-corrected chi connectivity index (χ2v) is 6.32. The zero-order valence-corrected chi connectivity index (χ0v) is 18.5. The Bertz CT molecular complexity index is 502. The third-order valence-corrected chi connectivity index (χ3v) is 5.15. The summed E-state index contributed by atoms with van der Waals surface area (Å²) < 4.78 is 0. The number of rotatable bonds is 8. The maximum absolute atomic E-state index is 12.4. The van der Waals surface area contributed by atoms with Crippen LogP contribution in [0.15, 0.2) is 18.5 Å². The molecule has 158 valence electrons. The fourth-order valence-electron chi connectivity index (χ4n) is 3.09. The number of amides is 1. The topological polar surface area (TPSA) is 87.4 Å². The molecule has 0 atom stereocenters. The second kappa shape index (κ2) is 14.2. The predicted molar refractivity (Wildman–Crippen MR) is 118 cm³/mol. The Morgan fingerprint density at radius 1 is 1.11 bits per heavy atom. The van der Waals surface area contributed by atoms with Gasteiger partial charge in [-0.15, -0.1) is 37.2 Å². The van der Waals surface area contributed by atoms with Crippen molar-refractivity contribution < 1.29 is 4.79 Å². The molecule has 0 unspecified atom stereocenters. The van der Waals surface area contributed by atoms with Gasteiger partial charge in [-0.2, -0.15) is 0 Å². The third-order valence-electron chi connectivity index (χ3n) is 5.15. The fraction of sp³-hybridized carbons (Fsp3) is 0.706. The molecule has 1 aliphatic rings. The van der Waals surface area contributed by atoms with E-state index in [9.17, 15) is 4.79 Å². The van der Waals surface area contributed by atoms with Crippen molar-refractivity contribution in [3.05, 3.63) is 18.5 Å². The SMILES string of the molecule is CCC(CC)(CN)C(=O)NCCN1CCN(c2ncccn2)CC1.Cl.Cl.Cl. The van der Waals surface area contributed by atoms with Crippen LogP contribution in [0.25, 0.3) is 0 Å². The number of nitrogens with two attached hydrogens (primary N) is 1. The highest BCUT2D eigenvalue weighted by Gasteiger charge is 2.33. The van der Waals surface area contributed by atoms with Crippen molar-refractivity contribution in [1.29, 1.82) is 0 Å². The lowest BCUT2D eigenvalue weighted by Crippen LogP contribution is -2.50. The van der Waals surface area contributed by atoms with Crippen LogP contribution in [0, 0.1) is 5.41 Å². The second-order valence-electron chi connectivity index (χ2n) is 6.32. The minimum Gasteiger partial charge on any atom is -0.354 e. The fourth-order valence-corrected chi connectivity index (χ4v) is 3.09. The zero-order valence-electron chi connectivity index (χ0n) is 16.1. The maximum atomic E-state index is 12.4. The van der Waals surface area contributed by atoms with E-state index >= 15 is 0 Å². The Morgan fingerprint density at radius 2 is 1.67 bits per heavy atom. The summed E-state index contributed by atoms with van der Waals surface area (Å²) in [5.74, 6) is 0.885. The molecule has 1 saturated heterocycles. The number of carbonyl (C=O) groups is 1. The van der Waals surface area contributed by atoms with Crippen molar-refractivity contribution in [1.82, 2.24) is 20.2 Å². The smallest absolute Gasteiger partial charge is 0.227 e. The lowest BCUT2D eigenvalue weighted by Gasteiger charge is -2.35. The van der Waals surface area contributed by atoms with E-state index < -0.39 is 5.41 Å². The molecule has 0 aromatic carbocycles. The van der Waals surface area contributed by atoms with Crippen molar-refractivity contribution in [2.45, 2.75) is 26.7 Å². The van der Waals surface area contributed by atoms with Gasteiger partial charge in [-0.25, -0.2) is 9.97 Å². The van der Waals surface area contributed by atoms with Gasteiger partial charge in [0.05, 0.1) is 5.41 Å². The van der Waals surface area contributed by atoms with Crippen LogP contribution in [-0.2, 0) is 4.79 Å². The molecule has 1 aliphatic heterocycles. The van der Waals surface area contributed by atoms with E-state index in [2.05, 4.69) is 25.1 Å². The summed E-state index contributed by atoms with van der Waals surface area (Å²) in [5, 5.41) is 3.07. The maximum Gasteiger partial charge on any atom is 0.227 e. The number of carbonyl (C=O) groups excluding carboxylic acids is 1. The van der Waals surface area contributed by atoms with E-state index in [4.69, 9.17) is 5.73 Å². The zero-order chi connectivity index (χ0) is 17.4. The lowest BCUT2D eigenvalue weighted by molar-refractivity contribution is -0.131. The van der Waals surface area contributed by atoms with Gasteiger partial charge in [0, 0.05) is 58.2 Å². The molecule has 27 heavy (non-hydrogen) atoms. The van der Waals surface area contributed by atoms with E-state index in [0.717, 1.165) is 51.5 Å². The van der Waals surface area contributed by atoms with Gasteiger partial charge >= 0.3 is 0 Å². The first-order valence-electron chi connectivity index (χ1n) is 8.88. The minimum atomic E-state index is -0.413. The number of hydrogen-bond donors (Lipinski definition) is 2. The average Bonchev–Trinajstić information content (AvgIpc) is 2.65. The molecule has 7 nitrogen and oxygen atoms in total. The first-order valence-corrected chi connectivity index (χ1v) is 8.88. The quantitative estimate of drug-likeness (QED) is 0.636. The Labute approximate surface area is 181 Å². The number of piperazine rings is 1. The minimum absolute atomic E-state index is 0. The third kappa shape index (κ3) is 7.58. The van der Waals surface area contributed by atoms with Crippen LogP contribution in [0.1, 0.15) is 26.7 Å². The van der Waals surface area contributed by atoms with Gasteiger partial charge in [-0.05, 0) is 18.9 Å².